The van der Waals surface area contributed by atoms with Gasteiger partial charge in [-0.2, -0.15) is 5.26 Å². The molecule has 0 bridgehead atoms. The largest absolute Gasteiger partial charge is 0.369 e. The summed E-state index contributed by atoms with van der Waals surface area (Å²) >= 11 is 0. The van der Waals surface area contributed by atoms with E-state index in [0.29, 0.717) is 19.3 Å². The number of hydrogen-bond donors (Lipinski definition) is 1. The van der Waals surface area contributed by atoms with Crippen LogP contribution in [0, 0.1) is 11.3 Å². The minimum absolute atomic E-state index is 0.0710. The lowest BCUT2D eigenvalue weighted by Gasteiger charge is -2.36. The van der Waals surface area contributed by atoms with Crippen LogP contribution in [0.3, 0.4) is 0 Å². The van der Waals surface area contributed by atoms with Gasteiger partial charge >= 0.3 is 0 Å². The van der Waals surface area contributed by atoms with Gasteiger partial charge in [-0.25, -0.2) is 0 Å². The van der Waals surface area contributed by atoms with Gasteiger partial charge in [-0.05, 0) is 37.9 Å². The first kappa shape index (κ1) is 18.3. The second-order valence-corrected chi connectivity index (χ2v) is 6.23. The number of amides is 1. The van der Waals surface area contributed by atoms with Crippen molar-refractivity contribution in [2.75, 3.05) is 44.2 Å². The van der Waals surface area contributed by atoms with Crippen molar-refractivity contribution in [3.63, 3.8) is 0 Å². The summed E-state index contributed by atoms with van der Waals surface area (Å²) in [7, 11) is 0. The summed E-state index contributed by atoms with van der Waals surface area (Å²) in [5, 5.41) is 11.4. The minimum Gasteiger partial charge on any atom is -0.369 e. The number of nitriles is 1. The maximum absolute atomic E-state index is 11.5. The van der Waals surface area contributed by atoms with Crippen molar-refractivity contribution in [3.05, 3.63) is 30.3 Å². The third-order valence-electron chi connectivity index (χ3n) is 4.41. The molecule has 2 rings (SSSR count). The fourth-order valence-corrected chi connectivity index (χ4v) is 2.97. The van der Waals surface area contributed by atoms with Crippen LogP contribution in [-0.4, -0.2) is 50.1 Å². The van der Waals surface area contributed by atoms with Crippen LogP contribution in [0.2, 0.25) is 0 Å². The van der Waals surface area contributed by atoms with Crippen molar-refractivity contribution in [1.29, 1.82) is 5.26 Å². The number of carbonyl (C=O) groups is 1. The molecular weight excluding hydrogens is 300 g/mol. The molecule has 0 atom stereocenters. The summed E-state index contributed by atoms with van der Waals surface area (Å²) in [5.41, 5.74) is 1.32. The summed E-state index contributed by atoms with van der Waals surface area (Å²) in [4.78, 5) is 16.5. The molecule has 0 aromatic heterocycles. The SMILES string of the molecule is N#CCCCC(=O)NCCCCN1CCN(c2ccccc2)CC1. The van der Waals surface area contributed by atoms with E-state index in [4.69, 9.17) is 5.26 Å². The normalized spacial score (nSPS) is 15.0. The highest BCUT2D eigenvalue weighted by Gasteiger charge is 2.16. The number of nitrogens with one attached hydrogen (secondary N) is 1. The fraction of sp³-hybridized carbons (Fsp3) is 0.579. The number of anilines is 1. The molecule has 130 valence electrons. The number of rotatable bonds is 9. The molecule has 24 heavy (non-hydrogen) atoms. The Morgan fingerprint density at radius 2 is 1.83 bits per heavy atom. The van der Waals surface area contributed by atoms with Gasteiger partial charge in [-0.15, -0.1) is 0 Å². The molecule has 1 saturated heterocycles. The van der Waals surface area contributed by atoms with Crippen LogP contribution < -0.4 is 10.2 Å². The number of nitrogens with zero attached hydrogens (tertiary/aromatic N) is 3. The van der Waals surface area contributed by atoms with Crippen LogP contribution in [0.25, 0.3) is 0 Å². The predicted octanol–water partition coefficient (Wildman–Crippen LogP) is 2.40. The van der Waals surface area contributed by atoms with Crippen molar-refractivity contribution >= 4 is 11.6 Å². The fourth-order valence-electron chi connectivity index (χ4n) is 2.97. The molecule has 1 aliphatic heterocycles. The molecule has 5 heteroatoms. The standard InChI is InChI=1S/C19H28N4O/c20-11-5-4-10-19(24)21-12-6-7-13-22-14-16-23(17-15-22)18-8-2-1-3-9-18/h1-3,8-9H,4-7,10,12-17H2,(H,21,24). The number of unbranched alkanes of at least 4 members (excludes halogenated alkanes) is 2. The minimum atomic E-state index is 0.0710. The molecule has 0 unspecified atom stereocenters. The van der Waals surface area contributed by atoms with E-state index in [0.717, 1.165) is 52.1 Å². The molecule has 0 spiro atoms. The second-order valence-electron chi connectivity index (χ2n) is 6.23. The Labute approximate surface area is 145 Å². The number of hydrogen-bond acceptors (Lipinski definition) is 4. The maximum Gasteiger partial charge on any atom is 0.220 e. The first-order valence-corrected chi connectivity index (χ1v) is 8.95. The molecular formula is C19H28N4O. The van der Waals surface area contributed by atoms with Crippen molar-refractivity contribution in [1.82, 2.24) is 10.2 Å². The highest BCUT2D eigenvalue weighted by atomic mass is 16.1. The molecule has 0 aliphatic carbocycles. The van der Waals surface area contributed by atoms with Gasteiger partial charge in [0, 0.05) is 51.3 Å². The summed E-state index contributed by atoms with van der Waals surface area (Å²) in [6, 6.07) is 12.7. The molecule has 1 aromatic carbocycles. The lowest BCUT2D eigenvalue weighted by atomic mass is 10.2. The molecule has 1 amide bonds. The van der Waals surface area contributed by atoms with Crippen molar-refractivity contribution in [2.45, 2.75) is 32.1 Å². The monoisotopic (exact) mass is 328 g/mol. The van der Waals surface area contributed by atoms with Gasteiger partial charge in [0.1, 0.15) is 0 Å². The van der Waals surface area contributed by atoms with Crippen molar-refractivity contribution in [3.8, 4) is 6.07 Å². The Morgan fingerprint density at radius 3 is 2.54 bits per heavy atom. The molecule has 1 aromatic rings. The van der Waals surface area contributed by atoms with Gasteiger partial charge in [0.2, 0.25) is 5.91 Å². The van der Waals surface area contributed by atoms with Crippen LogP contribution in [-0.2, 0) is 4.79 Å². The zero-order chi connectivity index (χ0) is 17.0. The molecule has 1 heterocycles. The Morgan fingerprint density at radius 1 is 1.08 bits per heavy atom. The van der Waals surface area contributed by atoms with Crippen molar-refractivity contribution < 1.29 is 4.79 Å². The van der Waals surface area contributed by atoms with E-state index in [-0.39, 0.29) is 5.91 Å². The zero-order valence-electron chi connectivity index (χ0n) is 14.4. The number of piperazine rings is 1. The quantitative estimate of drug-likeness (QED) is 0.707. The first-order valence-electron chi connectivity index (χ1n) is 8.95. The second kappa shape index (κ2) is 10.7. The van der Waals surface area contributed by atoms with Crippen LogP contribution in [0.4, 0.5) is 5.69 Å². The molecule has 1 N–H and O–H groups in total. The van der Waals surface area contributed by atoms with Crippen molar-refractivity contribution in [2.24, 2.45) is 0 Å². The summed E-state index contributed by atoms with van der Waals surface area (Å²) < 4.78 is 0. The summed E-state index contributed by atoms with van der Waals surface area (Å²) in [6.45, 7) is 6.23. The first-order chi connectivity index (χ1) is 11.8. The van der Waals surface area contributed by atoms with Gasteiger partial charge in [-0.3, -0.25) is 9.69 Å². The zero-order valence-corrected chi connectivity index (χ0v) is 14.4. The highest BCUT2D eigenvalue weighted by molar-refractivity contribution is 5.75. The topological polar surface area (TPSA) is 59.4 Å². The van der Waals surface area contributed by atoms with Gasteiger partial charge in [0.05, 0.1) is 6.07 Å². The van der Waals surface area contributed by atoms with Gasteiger partial charge in [-0.1, -0.05) is 18.2 Å². The van der Waals surface area contributed by atoms with E-state index in [9.17, 15) is 4.79 Å². The third-order valence-corrected chi connectivity index (χ3v) is 4.41. The van der Waals surface area contributed by atoms with Crippen LogP contribution in [0.5, 0.6) is 0 Å². The Hall–Kier alpha value is -2.06. The highest BCUT2D eigenvalue weighted by Crippen LogP contribution is 2.15. The van der Waals surface area contributed by atoms with Crippen LogP contribution in [0.1, 0.15) is 32.1 Å². The predicted molar refractivity (Wildman–Crippen MR) is 96.8 cm³/mol. The summed E-state index contributed by atoms with van der Waals surface area (Å²) in [6.07, 6.45) is 3.72. The molecule has 1 aliphatic rings. The lowest BCUT2D eigenvalue weighted by Crippen LogP contribution is -2.46. The van der Waals surface area contributed by atoms with Crippen LogP contribution in [0.15, 0.2) is 30.3 Å². The Kier molecular flexibility index (Phi) is 8.12. The van der Waals surface area contributed by atoms with E-state index in [1.807, 2.05) is 0 Å². The van der Waals surface area contributed by atoms with Crippen LogP contribution >= 0.6 is 0 Å². The molecule has 0 radical (unpaired) electrons. The number of carbonyl (C=O) groups excluding carboxylic acids is 1. The molecule has 1 fully saturated rings. The van der Waals surface area contributed by atoms with Gasteiger partial charge in [0.15, 0.2) is 0 Å². The molecule has 5 nitrogen and oxygen atoms in total. The lowest BCUT2D eigenvalue weighted by molar-refractivity contribution is -0.121. The van der Waals surface area contributed by atoms with E-state index in [1.165, 1.54) is 5.69 Å². The molecule has 0 saturated carbocycles. The van der Waals surface area contributed by atoms with Gasteiger partial charge in [0.25, 0.3) is 0 Å². The van der Waals surface area contributed by atoms with E-state index >= 15 is 0 Å². The van der Waals surface area contributed by atoms with E-state index in [1.54, 1.807) is 0 Å². The average Bonchev–Trinajstić information content (AvgIpc) is 2.63. The Bertz CT molecular complexity index is 518. The third kappa shape index (κ3) is 6.59. The number of para-hydroxylation sites is 1. The van der Waals surface area contributed by atoms with Gasteiger partial charge < -0.3 is 10.2 Å². The Balaban J connectivity index is 1.51. The number of benzene rings is 1. The van der Waals surface area contributed by atoms with E-state index < -0.39 is 0 Å². The maximum atomic E-state index is 11.5. The van der Waals surface area contributed by atoms with E-state index in [2.05, 4.69) is 51.5 Å². The smallest absolute Gasteiger partial charge is 0.220 e. The summed E-state index contributed by atoms with van der Waals surface area (Å²) in [5.74, 6) is 0.0710. The average molecular weight is 328 g/mol.